The van der Waals surface area contributed by atoms with Crippen LogP contribution in [0.2, 0.25) is 0 Å². The second-order valence-corrected chi connectivity index (χ2v) is 4.88. The second kappa shape index (κ2) is 7.50. The fourth-order valence-electron chi connectivity index (χ4n) is 1.82. The van der Waals surface area contributed by atoms with E-state index in [0.29, 0.717) is 6.54 Å². The molecular formula is C12H25N3O2. The van der Waals surface area contributed by atoms with Gasteiger partial charge in [-0.2, -0.15) is 0 Å². The number of carbonyl (C=O) groups excluding carboxylic acids is 1. The minimum absolute atomic E-state index is 0.0485. The first-order valence-corrected chi connectivity index (χ1v) is 6.43. The second-order valence-electron chi connectivity index (χ2n) is 4.88. The van der Waals surface area contributed by atoms with E-state index in [1.165, 1.54) is 0 Å². The molecule has 100 valence electrons. The molecule has 1 aliphatic rings. The van der Waals surface area contributed by atoms with Crippen LogP contribution in [0.3, 0.4) is 0 Å². The van der Waals surface area contributed by atoms with E-state index in [1.54, 1.807) is 0 Å². The van der Waals surface area contributed by atoms with E-state index in [1.807, 2.05) is 13.8 Å². The first-order chi connectivity index (χ1) is 8.08. The molecule has 0 bridgehead atoms. The van der Waals surface area contributed by atoms with Crippen LogP contribution in [0.5, 0.6) is 0 Å². The topological polar surface area (TPSA) is 44.8 Å². The van der Waals surface area contributed by atoms with Gasteiger partial charge in [-0.3, -0.25) is 0 Å². The van der Waals surface area contributed by atoms with Crippen LogP contribution < -0.4 is 5.32 Å². The maximum absolute atomic E-state index is 11.2. The van der Waals surface area contributed by atoms with Gasteiger partial charge >= 0.3 is 6.09 Å². The van der Waals surface area contributed by atoms with E-state index in [0.717, 1.165) is 39.1 Å². The zero-order chi connectivity index (χ0) is 12.7. The van der Waals surface area contributed by atoms with Crippen molar-refractivity contribution in [2.75, 3.05) is 46.3 Å². The molecule has 1 aliphatic heterocycles. The molecule has 0 saturated carbocycles. The Kier molecular flexibility index (Phi) is 6.29. The summed E-state index contributed by atoms with van der Waals surface area (Å²) in [6.07, 6.45) is 0.627. The Balaban J connectivity index is 1.99. The number of nitrogens with one attached hydrogen (secondary N) is 1. The quantitative estimate of drug-likeness (QED) is 0.724. The fourth-order valence-corrected chi connectivity index (χ4v) is 1.82. The molecule has 1 fully saturated rings. The van der Waals surface area contributed by atoms with Crippen LogP contribution in [0.1, 0.15) is 20.3 Å². The number of hydrogen-bond donors (Lipinski definition) is 1. The third kappa shape index (κ3) is 6.48. The Morgan fingerprint density at radius 1 is 1.29 bits per heavy atom. The number of alkyl carbamates (subject to hydrolysis) is 1. The standard InChI is InChI=1S/C12H25N3O2/c1-11(2)17-12(16)13-5-4-6-15-9-7-14(3)8-10-15/h11H,4-10H2,1-3H3,(H,13,16). The highest BCUT2D eigenvalue weighted by molar-refractivity contribution is 5.67. The molecule has 0 aromatic heterocycles. The maximum atomic E-state index is 11.2. The monoisotopic (exact) mass is 243 g/mol. The molecule has 5 nitrogen and oxygen atoms in total. The fraction of sp³-hybridized carbons (Fsp3) is 0.917. The number of piperazine rings is 1. The number of hydrogen-bond acceptors (Lipinski definition) is 4. The van der Waals surface area contributed by atoms with E-state index in [2.05, 4.69) is 22.2 Å². The van der Waals surface area contributed by atoms with Crippen molar-refractivity contribution in [1.82, 2.24) is 15.1 Å². The maximum Gasteiger partial charge on any atom is 0.407 e. The summed E-state index contributed by atoms with van der Waals surface area (Å²) < 4.78 is 4.99. The van der Waals surface area contributed by atoms with E-state index < -0.39 is 0 Å². The summed E-state index contributed by atoms with van der Waals surface area (Å²) in [7, 11) is 2.15. The lowest BCUT2D eigenvalue weighted by Crippen LogP contribution is -2.45. The average molecular weight is 243 g/mol. The minimum atomic E-state index is -0.307. The van der Waals surface area contributed by atoms with Gasteiger partial charge in [-0.25, -0.2) is 4.79 Å². The minimum Gasteiger partial charge on any atom is -0.447 e. The van der Waals surface area contributed by atoms with E-state index in [4.69, 9.17) is 4.74 Å². The van der Waals surface area contributed by atoms with Crippen LogP contribution in [0.25, 0.3) is 0 Å². The van der Waals surface area contributed by atoms with Gasteiger partial charge in [0.1, 0.15) is 0 Å². The van der Waals surface area contributed by atoms with E-state index in [9.17, 15) is 4.79 Å². The highest BCUT2D eigenvalue weighted by atomic mass is 16.6. The molecule has 0 unspecified atom stereocenters. The molecule has 1 N–H and O–H groups in total. The molecule has 0 aliphatic carbocycles. The molecule has 5 heteroatoms. The van der Waals surface area contributed by atoms with Crippen LogP contribution in [-0.4, -0.2) is 68.3 Å². The van der Waals surface area contributed by atoms with Gasteiger partial charge < -0.3 is 19.9 Å². The summed E-state index contributed by atoms with van der Waals surface area (Å²) in [6.45, 7) is 9.99. The van der Waals surface area contributed by atoms with Gasteiger partial charge in [0.25, 0.3) is 0 Å². The molecule has 0 spiro atoms. The molecular weight excluding hydrogens is 218 g/mol. The van der Waals surface area contributed by atoms with E-state index in [-0.39, 0.29) is 12.2 Å². The van der Waals surface area contributed by atoms with Crippen LogP contribution in [-0.2, 0) is 4.74 Å². The van der Waals surface area contributed by atoms with Gasteiger partial charge in [-0.05, 0) is 33.9 Å². The van der Waals surface area contributed by atoms with Crippen molar-refractivity contribution in [3.8, 4) is 0 Å². The Labute approximate surface area is 104 Å². The summed E-state index contributed by atoms with van der Waals surface area (Å²) in [5, 5.41) is 2.76. The zero-order valence-electron chi connectivity index (χ0n) is 11.2. The number of ether oxygens (including phenoxy) is 1. The van der Waals surface area contributed by atoms with Gasteiger partial charge in [0, 0.05) is 32.7 Å². The zero-order valence-corrected chi connectivity index (χ0v) is 11.2. The largest absolute Gasteiger partial charge is 0.447 e. The number of likely N-dealkylation sites (N-methyl/N-ethyl adjacent to an activating group) is 1. The predicted octanol–water partition coefficient (Wildman–Crippen LogP) is 0.759. The number of rotatable bonds is 5. The summed E-state index contributed by atoms with van der Waals surface area (Å²) in [4.78, 5) is 16.0. The Bertz CT molecular complexity index is 226. The molecule has 0 radical (unpaired) electrons. The van der Waals surface area contributed by atoms with Crippen molar-refractivity contribution in [2.45, 2.75) is 26.4 Å². The molecule has 1 saturated heterocycles. The molecule has 1 heterocycles. The summed E-state index contributed by atoms with van der Waals surface area (Å²) in [5.74, 6) is 0. The lowest BCUT2D eigenvalue weighted by Gasteiger charge is -2.32. The Morgan fingerprint density at radius 3 is 2.53 bits per heavy atom. The predicted molar refractivity (Wildman–Crippen MR) is 68.2 cm³/mol. The molecule has 1 amide bonds. The van der Waals surface area contributed by atoms with Crippen molar-refractivity contribution in [1.29, 1.82) is 0 Å². The SMILES string of the molecule is CC(C)OC(=O)NCCCN1CCN(C)CC1. The average Bonchev–Trinajstić information content (AvgIpc) is 2.26. The highest BCUT2D eigenvalue weighted by Crippen LogP contribution is 1.99. The lowest BCUT2D eigenvalue weighted by molar-refractivity contribution is 0.114. The highest BCUT2D eigenvalue weighted by Gasteiger charge is 2.12. The third-order valence-electron chi connectivity index (χ3n) is 2.86. The summed E-state index contributed by atoms with van der Waals surface area (Å²) >= 11 is 0. The smallest absolute Gasteiger partial charge is 0.407 e. The van der Waals surface area contributed by atoms with Crippen LogP contribution >= 0.6 is 0 Å². The lowest BCUT2D eigenvalue weighted by atomic mass is 10.3. The first-order valence-electron chi connectivity index (χ1n) is 6.43. The number of amides is 1. The van der Waals surface area contributed by atoms with Crippen molar-refractivity contribution in [2.24, 2.45) is 0 Å². The van der Waals surface area contributed by atoms with Gasteiger partial charge in [0.15, 0.2) is 0 Å². The molecule has 0 atom stereocenters. The number of nitrogens with zero attached hydrogens (tertiary/aromatic N) is 2. The molecule has 0 aromatic rings. The van der Waals surface area contributed by atoms with Gasteiger partial charge in [-0.1, -0.05) is 0 Å². The van der Waals surface area contributed by atoms with E-state index >= 15 is 0 Å². The van der Waals surface area contributed by atoms with Crippen molar-refractivity contribution >= 4 is 6.09 Å². The van der Waals surface area contributed by atoms with Gasteiger partial charge in [0.05, 0.1) is 6.10 Å². The molecule has 0 aromatic carbocycles. The molecule has 17 heavy (non-hydrogen) atoms. The Morgan fingerprint density at radius 2 is 1.94 bits per heavy atom. The summed E-state index contributed by atoms with van der Waals surface area (Å²) in [5.41, 5.74) is 0. The van der Waals surface area contributed by atoms with Crippen LogP contribution in [0.4, 0.5) is 4.79 Å². The van der Waals surface area contributed by atoms with Gasteiger partial charge in [-0.15, -0.1) is 0 Å². The van der Waals surface area contributed by atoms with Crippen molar-refractivity contribution in [3.63, 3.8) is 0 Å². The van der Waals surface area contributed by atoms with Crippen LogP contribution in [0.15, 0.2) is 0 Å². The molecule has 1 rings (SSSR count). The third-order valence-corrected chi connectivity index (χ3v) is 2.86. The normalized spacial score (nSPS) is 18.4. The van der Waals surface area contributed by atoms with Crippen LogP contribution in [0, 0.1) is 0 Å². The number of carbonyl (C=O) groups is 1. The summed E-state index contributed by atoms with van der Waals surface area (Å²) in [6, 6.07) is 0. The van der Waals surface area contributed by atoms with Gasteiger partial charge in [0.2, 0.25) is 0 Å². The van der Waals surface area contributed by atoms with Crippen molar-refractivity contribution in [3.05, 3.63) is 0 Å². The van der Waals surface area contributed by atoms with Crippen molar-refractivity contribution < 1.29 is 9.53 Å². The Hall–Kier alpha value is -0.810. The first kappa shape index (κ1) is 14.3.